The first kappa shape index (κ1) is 11.6. The van der Waals surface area contributed by atoms with E-state index in [1.54, 1.807) is 24.2 Å². The van der Waals surface area contributed by atoms with Gasteiger partial charge in [-0.3, -0.25) is 14.6 Å². The summed E-state index contributed by atoms with van der Waals surface area (Å²) in [5.41, 5.74) is 0.472. The summed E-state index contributed by atoms with van der Waals surface area (Å²) < 4.78 is 0. The van der Waals surface area contributed by atoms with Crippen molar-refractivity contribution in [3.05, 3.63) is 30.1 Å². The number of rotatable bonds is 2. The Hall–Kier alpha value is -1.91. The second kappa shape index (κ2) is 4.95. The summed E-state index contributed by atoms with van der Waals surface area (Å²) in [4.78, 5) is 28.6. The van der Waals surface area contributed by atoms with Gasteiger partial charge in [-0.25, -0.2) is 0 Å². The molecule has 1 aliphatic heterocycles. The fraction of sp³-hybridized carbons (Fsp3) is 0.417. The number of amides is 2. The van der Waals surface area contributed by atoms with E-state index in [0.717, 1.165) is 0 Å². The van der Waals surface area contributed by atoms with Gasteiger partial charge < -0.3 is 10.2 Å². The van der Waals surface area contributed by atoms with Crippen molar-refractivity contribution in [1.29, 1.82) is 0 Å². The molecule has 1 aromatic rings. The Kier molecular flexibility index (Phi) is 3.37. The average Bonchev–Trinajstić information content (AvgIpc) is 2.35. The first-order valence-corrected chi connectivity index (χ1v) is 5.53. The zero-order valence-electron chi connectivity index (χ0n) is 9.64. The Morgan fingerprint density at radius 3 is 3.12 bits per heavy atom. The van der Waals surface area contributed by atoms with E-state index in [-0.39, 0.29) is 17.9 Å². The molecular formula is C12H14N3O2. The van der Waals surface area contributed by atoms with Gasteiger partial charge in [-0.1, -0.05) is 0 Å². The standard InChI is InChI=1S/C12H14N3O2/c1-15-8-10(2-3-11(15)16)14-12(17)9-4-6-13-7-5-9/h4,6-7,10H,2-3,8H2,1H3,(H,14,17). The molecule has 1 fully saturated rings. The van der Waals surface area contributed by atoms with Crippen molar-refractivity contribution in [3.8, 4) is 0 Å². The molecule has 1 saturated heterocycles. The van der Waals surface area contributed by atoms with Gasteiger partial charge in [0.1, 0.15) is 0 Å². The van der Waals surface area contributed by atoms with Crippen LogP contribution < -0.4 is 5.32 Å². The SMILES string of the molecule is CN1CC(NC(=O)c2[c]cncc2)CCC1=O. The summed E-state index contributed by atoms with van der Waals surface area (Å²) in [6.07, 6.45) is 4.20. The van der Waals surface area contributed by atoms with Crippen LogP contribution in [0.5, 0.6) is 0 Å². The van der Waals surface area contributed by atoms with Crippen molar-refractivity contribution in [2.45, 2.75) is 18.9 Å². The van der Waals surface area contributed by atoms with Crippen LogP contribution in [0.15, 0.2) is 18.5 Å². The minimum atomic E-state index is -0.167. The van der Waals surface area contributed by atoms with Crippen LogP contribution in [0.25, 0.3) is 0 Å². The van der Waals surface area contributed by atoms with Crippen molar-refractivity contribution in [3.63, 3.8) is 0 Å². The lowest BCUT2D eigenvalue weighted by atomic mass is 10.1. The lowest BCUT2D eigenvalue weighted by molar-refractivity contribution is -0.132. The average molecular weight is 232 g/mol. The van der Waals surface area contributed by atoms with Crippen LogP contribution in [-0.4, -0.2) is 41.3 Å². The number of hydrogen-bond donors (Lipinski definition) is 1. The Morgan fingerprint density at radius 2 is 2.47 bits per heavy atom. The van der Waals surface area contributed by atoms with Gasteiger partial charge >= 0.3 is 0 Å². The third kappa shape index (κ3) is 2.81. The lowest BCUT2D eigenvalue weighted by Gasteiger charge is -2.30. The number of piperidine rings is 1. The molecule has 1 unspecified atom stereocenters. The van der Waals surface area contributed by atoms with Crippen LogP contribution >= 0.6 is 0 Å². The molecule has 1 aromatic heterocycles. The van der Waals surface area contributed by atoms with Gasteiger partial charge in [0.25, 0.3) is 5.91 Å². The number of hydrogen-bond acceptors (Lipinski definition) is 3. The van der Waals surface area contributed by atoms with Crippen molar-refractivity contribution in [1.82, 2.24) is 15.2 Å². The first-order valence-electron chi connectivity index (χ1n) is 5.53. The van der Waals surface area contributed by atoms with Gasteiger partial charge in [0.05, 0.1) is 5.56 Å². The fourth-order valence-electron chi connectivity index (χ4n) is 1.85. The molecule has 17 heavy (non-hydrogen) atoms. The summed E-state index contributed by atoms with van der Waals surface area (Å²) in [5.74, 6) is -0.0360. The van der Waals surface area contributed by atoms with Crippen molar-refractivity contribution in [2.24, 2.45) is 0 Å². The number of carbonyl (C=O) groups excluding carboxylic acids is 2. The molecule has 0 aromatic carbocycles. The molecule has 1 N–H and O–H groups in total. The molecule has 0 spiro atoms. The third-order valence-electron chi connectivity index (χ3n) is 2.83. The second-order valence-corrected chi connectivity index (χ2v) is 4.14. The van der Waals surface area contributed by atoms with Crippen molar-refractivity contribution in [2.75, 3.05) is 13.6 Å². The fourth-order valence-corrected chi connectivity index (χ4v) is 1.85. The Balaban J connectivity index is 1.94. The molecule has 2 heterocycles. The summed E-state index contributed by atoms with van der Waals surface area (Å²) >= 11 is 0. The maximum Gasteiger partial charge on any atom is 0.252 e. The predicted octanol–water partition coefficient (Wildman–Crippen LogP) is 0.232. The molecule has 1 radical (unpaired) electrons. The van der Waals surface area contributed by atoms with E-state index < -0.39 is 0 Å². The maximum absolute atomic E-state index is 11.8. The molecular weight excluding hydrogens is 218 g/mol. The summed E-state index contributed by atoms with van der Waals surface area (Å²) in [7, 11) is 1.75. The minimum absolute atomic E-state index is 0.0202. The van der Waals surface area contributed by atoms with Gasteiger partial charge in [-0.05, 0) is 12.5 Å². The topological polar surface area (TPSA) is 62.3 Å². The van der Waals surface area contributed by atoms with Crippen molar-refractivity contribution >= 4 is 11.8 Å². The highest BCUT2D eigenvalue weighted by Crippen LogP contribution is 2.10. The van der Waals surface area contributed by atoms with Crippen LogP contribution in [-0.2, 0) is 4.79 Å². The second-order valence-electron chi connectivity index (χ2n) is 4.14. The number of likely N-dealkylation sites (N-methyl/N-ethyl adjacent to an activating group) is 1. The summed E-state index contributed by atoms with van der Waals surface area (Å²) in [6.45, 7) is 0.565. The summed E-state index contributed by atoms with van der Waals surface area (Å²) in [5, 5.41) is 2.89. The maximum atomic E-state index is 11.8. The first-order chi connectivity index (χ1) is 8.16. The van der Waals surface area contributed by atoms with Gasteiger partial charge in [-0.15, -0.1) is 0 Å². The number of nitrogens with zero attached hydrogens (tertiary/aromatic N) is 2. The molecule has 2 rings (SSSR count). The van der Waals surface area contributed by atoms with Gasteiger partial charge in [0.15, 0.2) is 0 Å². The molecule has 2 amide bonds. The monoisotopic (exact) mass is 232 g/mol. The largest absolute Gasteiger partial charge is 0.347 e. The number of pyridine rings is 1. The highest BCUT2D eigenvalue weighted by atomic mass is 16.2. The Labute approximate surface area is 99.8 Å². The minimum Gasteiger partial charge on any atom is -0.347 e. The number of nitrogens with one attached hydrogen (secondary N) is 1. The molecule has 0 bridgehead atoms. The molecule has 1 aliphatic rings. The van der Waals surface area contributed by atoms with E-state index in [4.69, 9.17) is 0 Å². The molecule has 89 valence electrons. The normalized spacial score (nSPS) is 20.2. The molecule has 0 aliphatic carbocycles. The molecule has 0 saturated carbocycles. The lowest BCUT2D eigenvalue weighted by Crippen LogP contribution is -2.48. The van der Waals surface area contributed by atoms with Crippen LogP contribution in [0.2, 0.25) is 0 Å². The molecule has 5 nitrogen and oxygen atoms in total. The van der Waals surface area contributed by atoms with Crippen LogP contribution in [0.1, 0.15) is 23.2 Å². The van der Waals surface area contributed by atoms with Gasteiger partial charge in [0.2, 0.25) is 5.91 Å². The van der Waals surface area contributed by atoms with Crippen LogP contribution in [0.4, 0.5) is 0 Å². The van der Waals surface area contributed by atoms with E-state index in [0.29, 0.717) is 24.9 Å². The number of aromatic nitrogens is 1. The molecule has 1 atom stereocenters. The van der Waals surface area contributed by atoms with Crippen molar-refractivity contribution < 1.29 is 9.59 Å². The zero-order chi connectivity index (χ0) is 12.3. The Bertz CT molecular complexity index is 419. The van der Waals surface area contributed by atoms with E-state index in [9.17, 15) is 9.59 Å². The summed E-state index contributed by atoms with van der Waals surface area (Å²) in [6, 6.07) is 4.41. The van der Waals surface area contributed by atoms with E-state index >= 15 is 0 Å². The number of likely N-dealkylation sites (tertiary alicyclic amines) is 1. The van der Waals surface area contributed by atoms with Gasteiger partial charge in [0, 0.05) is 44.5 Å². The number of carbonyl (C=O) groups is 2. The van der Waals surface area contributed by atoms with Crippen LogP contribution in [0, 0.1) is 6.07 Å². The highest BCUT2D eigenvalue weighted by molar-refractivity contribution is 5.94. The smallest absolute Gasteiger partial charge is 0.252 e. The van der Waals surface area contributed by atoms with Crippen LogP contribution in [0.3, 0.4) is 0 Å². The third-order valence-corrected chi connectivity index (χ3v) is 2.83. The predicted molar refractivity (Wildman–Crippen MR) is 61.2 cm³/mol. The zero-order valence-corrected chi connectivity index (χ0v) is 9.64. The van der Waals surface area contributed by atoms with Gasteiger partial charge in [-0.2, -0.15) is 0 Å². The van der Waals surface area contributed by atoms with E-state index in [1.165, 1.54) is 6.20 Å². The highest BCUT2D eigenvalue weighted by Gasteiger charge is 2.24. The Morgan fingerprint density at radius 1 is 1.65 bits per heavy atom. The van der Waals surface area contributed by atoms with E-state index in [1.807, 2.05) is 0 Å². The quantitative estimate of drug-likeness (QED) is 0.794. The molecule has 5 heteroatoms. The van der Waals surface area contributed by atoms with E-state index in [2.05, 4.69) is 16.4 Å².